The predicted molar refractivity (Wildman–Crippen MR) is 87.2 cm³/mol. The van der Waals surface area contributed by atoms with Crippen molar-refractivity contribution in [2.45, 2.75) is 26.7 Å². The number of aryl methyl sites for hydroxylation is 3. The lowest BCUT2D eigenvalue weighted by atomic mass is 10.1. The van der Waals surface area contributed by atoms with Gasteiger partial charge in [-0.25, -0.2) is 0 Å². The second-order valence-corrected chi connectivity index (χ2v) is 6.05. The fourth-order valence-electron chi connectivity index (χ4n) is 2.95. The molecule has 5 heteroatoms. The molecule has 1 aromatic carbocycles. The summed E-state index contributed by atoms with van der Waals surface area (Å²) >= 11 is 0. The number of nitrogens with zero attached hydrogens (tertiary/aromatic N) is 4. The van der Waals surface area contributed by atoms with Crippen LogP contribution in [0, 0.1) is 13.8 Å². The predicted octanol–water partition coefficient (Wildman–Crippen LogP) is 2.44. The summed E-state index contributed by atoms with van der Waals surface area (Å²) in [7, 11) is 0. The van der Waals surface area contributed by atoms with E-state index in [0.717, 1.165) is 39.1 Å². The van der Waals surface area contributed by atoms with E-state index in [1.54, 1.807) is 0 Å². The highest BCUT2D eigenvalue weighted by molar-refractivity contribution is 5.25. The van der Waals surface area contributed by atoms with Crippen LogP contribution in [0.1, 0.15) is 23.4 Å². The molecule has 118 valence electrons. The molecule has 0 spiro atoms. The van der Waals surface area contributed by atoms with Crippen molar-refractivity contribution in [1.29, 1.82) is 0 Å². The zero-order chi connectivity index (χ0) is 15.4. The molecule has 0 unspecified atom stereocenters. The van der Waals surface area contributed by atoms with Gasteiger partial charge < -0.3 is 9.42 Å². The molecule has 1 aromatic heterocycles. The topological polar surface area (TPSA) is 45.4 Å². The van der Waals surface area contributed by atoms with E-state index < -0.39 is 0 Å². The van der Waals surface area contributed by atoms with Crippen LogP contribution in [0.5, 0.6) is 0 Å². The fourth-order valence-corrected chi connectivity index (χ4v) is 2.95. The number of anilines is 1. The van der Waals surface area contributed by atoms with Gasteiger partial charge in [0.25, 0.3) is 0 Å². The Labute approximate surface area is 131 Å². The highest BCUT2D eigenvalue weighted by Gasteiger charge is 2.20. The SMILES string of the molecule is Cc1cccc(CCCN2CCN(c3nc(C)no3)CC2)c1. The summed E-state index contributed by atoms with van der Waals surface area (Å²) in [6.45, 7) is 9.23. The summed E-state index contributed by atoms with van der Waals surface area (Å²) in [6, 6.07) is 9.48. The number of benzene rings is 1. The van der Waals surface area contributed by atoms with Gasteiger partial charge in [-0.2, -0.15) is 4.98 Å². The van der Waals surface area contributed by atoms with Crippen LogP contribution in [0.25, 0.3) is 0 Å². The van der Waals surface area contributed by atoms with Crippen molar-refractivity contribution in [2.24, 2.45) is 0 Å². The van der Waals surface area contributed by atoms with Crippen molar-refractivity contribution >= 4 is 6.01 Å². The highest BCUT2D eigenvalue weighted by Crippen LogP contribution is 2.14. The summed E-state index contributed by atoms with van der Waals surface area (Å²) in [6.07, 6.45) is 2.37. The van der Waals surface area contributed by atoms with E-state index in [9.17, 15) is 0 Å². The number of piperazine rings is 1. The van der Waals surface area contributed by atoms with Gasteiger partial charge in [0.2, 0.25) is 0 Å². The minimum absolute atomic E-state index is 0.664. The summed E-state index contributed by atoms with van der Waals surface area (Å²) in [5.74, 6) is 0.704. The third-order valence-electron chi connectivity index (χ3n) is 4.18. The minimum atomic E-state index is 0.664. The van der Waals surface area contributed by atoms with Crippen molar-refractivity contribution < 1.29 is 4.52 Å². The van der Waals surface area contributed by atoms with Gasteiger partial charge in [0, 0.05) is 26.2 Å². The first-order chi connectivity index (χ1) is 10.7. The van der Waals surface area contributed by atoms with Gasteiger partial charge in [-0.1, -0.05) is 35.0 Å². The summed E-state index contributed by atoms with van der Waals surface area (Å²) in [5, 5.41) is 3.86. The van der Waals surface area contributed by atoms with Crippen LogP contribution in [-0.4, -0.2) is 47.8 Å². The van der Waals surface area contributed by atoms with E-state index in [4.69, 9.17) is 4.52 Å². The first kappa shape index (κ1) is 15.0. The first-order valence-electron chi connectivity index (χ1n) is 8.04. The molecule has 2 heterocycles. The third kappa shape index (κ3) is 3.85. The molecule has 0 amide bonds. The quantitative estimate of drug-likeness (QED) is 0.848. The maximum atomic E-state index is 5.24. The Morgan fingerprint density at radius 1 is 1.14 bits per heavy atom. The van der Waals surface area contributed by atoms with Crippen molar-refractivity contribution in [3.63, 3.8) is 0 Å². The Morgan fingerprint density at radius 2 is 1.95 bits per heavy atom. The van der Waals surface area contributed by atoms with Crippen LogP contribution in [0.2, 0.25) is 0 Å². The molecule has 1 saturated heterocycles. The Bertz CT molecular complexity index is 602. The van der Waals surface area contributed by atoms with E-state index in [2.05, 4.69) is 51.1 Å². The number of aromatic nitrogens is 2. The summed E-state index contributed by atoms with van der Waals surface area (Å²) in [4.78, 5) is 9.00. The molecule has 3 rings (SSSR count). The maximum Gasteiger partial charge on any atom is 0.324 e. The van der Waals surface area contributed by atoms with Gasteiger partial charge in [-0.15, -0.1) is 0 Å². The third-order valence-corrected chi connectivity index (χ3v) is 4.18. The van der Waals surface area contributed by atoms with Crippen LogP contribution in [-0.2, 0) is 6.42 Å². The van der Waals surface area contributed by atoms with Crippen LogP contribution < -0.4 is 4.90 Å². The standard InChI is InChI=1S/C17H24N4O/c1-14-5-3-6-16(13-14)7-4-8-20-9-11-21(12-10-20)17-18-15(2)19-22-17/h3,5-6,13H,4,7-12H2,1-2H3. The molecule has 0 N–H and O–H groups in total. The molecule has 2 aromatic rings. The second kappa shape index (κ2) is 6.92. The number of rotatable bonds is 5. The average Bonchev–Trinajstić information content (AvgIpc) is 2.95. The molecule has 1 aliphatic rings. The fraction of sp³-hybridized carbons (Fsp3) is 0.529. The molecule has 1 aliphatic heterocycles. The normalized spacial score (nSPS) is 16.2. The molecule has 5 nitrogen and oxygen atoms in total. The molecule has 0 bridgehead atoms. The van der Waals surface area contributed by atoms with Gasteiger partial charge in [0.1, 0.15) is 0 Å². The molecular weight excluding hydrogens is 276 g/mol. The molecule has 1 fully saturated rings. The minimum Gasteiger partial charge on any atom is -0.322 e. The molecule has 0 atom stereocenters. The Kier molecular flexibility index (Phi) is 4.73. The van der Waals surface area contributed by atoms with Crippen molar-refractivity contribution in [1.82, 2.24) is 15.0 Å². The highest BCUT2D eigenvalue weighted by atomic mass is 16.5. The van der Waals surface area contributed by atoms with E-state index in [1.807, 2.05) is 6.92 Å². The number of hydrogen-bond donors (Lipinski definition) is 0. The Hall–Kier alpha value is -1.88. The van der Waals surface area contributed by atoms with Gasteiger partial charge in [0.15, 0.2) is 5.82 Å². The zero-order valence-electron chi connectivity index (χ0n) is 13.5. The van der Waals surface area contributed by atoms with Crippen molar-refractivity contribution in [3.05, 3.63) is 41.2 Å². The van der Waals surface area contributed by atoms with Gasteiger partial charge >= 0.3 is 6.01 Å². The molecule has 0 saturated carbocycles. The second-order valence-electron chi connectivity index (χ2n) is 6.05. The lowest BCUT2D eigenvalue weighted by Gasteiger charge is -2.33. The van der Waals surface area contributed by atoms with Crippen LogP contribution >= 0.6 is 0 Å². The van der Waals surface area contributed by atoms with Crippen LogP contribution in [0.15, 0.2) is 28.8 Å². The van der Waals surface area contributed by atoms with Crippen molar-refractivity contribution in [3.8, 4) is 0 Å². The van der Waals surface area contributed by atoms with Gasteiger partial charge in [-0.3, -0.25) is 4.90 Å². The molecule has 0 radical (unpaired) electrons. The average molecular weight is 300 g/mol. The molecular formula is C17H24N4O. The van der Waals surface area contributed by atoms with Crippen LogP contribution in [0.4, 0.5) is 6.01 Å². The monoisotopic (exact) mass is 300 g/mol. The zero-order valence-corrected chi connectivity index (χ0v) is 13.5. The van der Waals surface area contributed by atoms with Crippen molar-refractivity contribution in [2.75, 3.05) is 37.6 Å². The van der Waals surface area contributed by atoms with Crippen LogP contribution in [0.3, 0.4) is 0 Å². The van der Waals surface area contributed by atoms with Gasteiger partial charge in [0.05, 0.1) is 0 Å². The molecule has 22 heavy (non-hydrogen) atoms. The van der Waals surface area contributed by atoms with E-state index >= 15 is 0 Å². The Balaban J connectivity index is 1.40. The molecule has 0 aliphatic carbocycles. The van der Waals surface area contributed by atoms with E-state index in [0.29, 0.717) is 11.8 Å². The maximum absolute atomic E-state index is 5.24. The lowest BCUT2D eigenvalue weighted by Crippen LogP contribution is -2.46. The summed E-state index contributed by atoms with van der Waals surface area (Å²) < 4.78 is 5.24. The smallest absolute Gasteiger partial charge is 0.322 e. The number of hydrogen-bond acceptors (Lipinski definition) is 5. The van der Waals surface area contributed by atoms with E-state index in [-0.39, 0.29) is 0 Å². The largest absolute Gasteiger partial charge is 0.324 e. The summed E-state index contributed by atoms with van der Waals surface area (Å²) in [5.41, 5.74) is 2.79. The van der Waals surface area contributed by atoms with Gasteiger partial charge in [-0.05, 0) is 38.8 Å². The lowest BCUT2D eigenvalue weighted by molar-refractivity contribution is 0.247. The Morgan fingerprint density at radius 3 is 2.64 bits per heavy atom. The first-order valence-corrected chi connectivity index (χ1v) is 8.04. The van der Waals surface area contributed by atoms with E-state index in [1.165, 1.54) is 17.5 Å².